The number of nitrogens with zero attached hydrogens (tertiary/aromatic N) is 2. The number of furan rings is 1. The van der Waals surface area contributed by atoms with Crippen LogP contribution in [0.15, 0.2) is 40.8 Å². The number of esters is 1. The molecule has 1 saturated heterocycles. The highest BCUT2D eigenvalue weighted by Crippen LogP contribution is 2.19. The lowest BCUT2D eigenvalue weighted by Gasteiger charge is -2.41. The summed E-state index contributed by atoms with van der Waals surface area (Å²) < 4.78 is 10.5. The van der Waals surface area contributed by atoms with Crippen molar-refractivity contribution in [2.24, 2.45) is 0 Å². The smallest absolute Gasteiger partial charge is 0.337 e. The third-order valence-corrected chi connectivity index (χ3v) is 5.09. The van der Waals surface area contributed by atoms with Crippen LogP contribution in [-0.4, -0.2) is 60.3 Å². The van der Waals surface area contributed by atoms with Gasteiger partial charge in [-0.05, 0) is 43.2 Å². The second-order valence-electron chi connectivity index (χ2n) is 7.07. The molecule has 0 spiro atoms. The number of aryl methyl sites for hydroxylation is 1. The molecule has 146 valence electrons. The number of hydrogen-bond acceptors (Lipinski definition) is 6. The van der Waals surface area contributed by atoms with Gasteiger partial charge in [0.25, 0.3) is 0 Å². The Hall–Kier alpha value is -2.15. The van der Waals surface area contributed by atoms with E-state index < -0.39 is 0 Å². The molecule has 1 atom stereocenters. The molecule has 1 fully saturated rings. The average Bonchev–Trinajstić information content (AvgIpc) is 3.09. The second-order valence-corrected chi connectivity index (χ2v) is 7.07. The zero-order chi connectivity index (χ0) is 19.2. The maximum Gasteiger partial charge on any atom is 0.337 e. The first kappa shape index (κ1) is 19.6. The van der Waals surface area contributed by atoms with E-state index in [1.807, 2.05) is 43.3 Å². The summed E-state index contributed by atoms with van der Waals surface area (Å²) in [6.45, 7) is 6.54. The first-order chi connectivity index (χ1) is 13.1. The van der Waals surface area contributed by atoms with Gasteiger partial charge < -0.3 is 14.3 Å². The van der Waals surface area contributed by atoms with Gasteiger partial charge in [0.2, 0.25) is 0 Å². The van der Waals surface area contributed by atoms with Gasteiger partial charge in [0.05, 0.1) is 19.2 Å². The molecule has 1 aromatic carbocycles. The summed E-state index contributed by atoms with van der Waals surface area (Å²) in [5.74, 6) is 1.59. The van der Waals surface area contributed by atoms with E-state index in [4.69, 9.17) is 9.15 Å². The molecule has 1 N–H and O–H groups in total. The minimum Gasteiger partial charge on any atom is -0.465 e. The summed E-state index contributed by atoms with van der Waals surface area (Å²) in [5, 5.41) is 9.48. The molecular weight excluding hydrogens is 344 g/mol. The van der Waals surface area contributed by atoms with Crippen molar-refractivity contribution in [2.45, 2.75) is 32.5 Å². The van der Waals surface area contributed by atoms with Crippen LogP contribution in [0.25, 0.3) is 0 Å². The number of methoxy groups -OCH3 is 1. The summed E-state index contributed by atoms with van der Waals surface area (Å²) in [7, 11) is 1.39. The Balaban J connectivity index is 1.59. The molecule has 2 aromatic rings. The van der Waals surface area contributed by atoms with Crippen molar-refractivity contribution in [3.05, 3.63) is 59.0 Å². The Labute approximate surface area is 160 Å². The van der Waals surface area contributed by atoms with Crippen molar-refractivity contribution in [3.8, 4) is 0 Å². The van der Waals surface area contributed by atoms with Crippen LogP contribution in [0.4, 0.5) is 0 Å². The van der Waals surface area contributed by atoms with Gasteiger partial charge in [-0.25, -0.2) is 4.79 Å². The van der Waals surface area contributed by atoms with Crippen molar-refractivity contribution in [1.29, 1.82) is 0 Å². The van der Waals surface area contributed by atoms with E-state index in [9.17, 15) is 9.90 Å². The normalized spacial score (nSPS) is 18.6. The van der Waals surface area contributed by atoms with Gasteiger partial charge in [-0.3, -0.25) is 9.80 Å². The fourth-order valence-corrected chi connectivity index (χ4v) is 3.62. The van der Waals surface area contributed by atoms with Gasteiger partial charge in [-0.15, -0.1) is 0 Å². The largest absolute Gasteiger partial charge is 0.465 e. The summed E-state index contributed by atoms with van der Waals surface area (Å²) in [6.07, 6.45) is 0.747. The number of benzene rings is 1. The Kier molecular flexibility index (Phi) is 6.66. The lowest BCUT2D eigenvalue weighted by molar-refractivity contribution is 0.0454. The molecule has 0 saturated carbocycles. The SMILES string of the molecule is COC(=O)c1ccc(CN2CCN(Cc3ccc(C)o3)[C@@H](CCO)C2)cc1. The molecule has 27 heavy (non-hydrogen) atoms. The summed E-state index contributed by atoms with van der Waals surface area (Å²) in [4.78, 5) is 16.3. The fraction of sp³-hybridized carbons (Fsp3) is 0.476. The lowest BCUT2D eigenvalue weighted by Crippen LogP contribution is -2.52. The van der Waals surface area contributed by atoms with E-state index in [0.717, 1.165) is 50.7 Å². The highest BCUT2D eigenvalue weighted by molar-refractivity contribution is 5.89. The second kappa shape index (κ2) is 9.17. The van der Waals surface area contributed by atoms with Gasteiger partial charge in [-0.1, -0.05) is 12.1 Å². The zero-order valence-electron chi connectivity index (χ0n) is 16.1. The highest BCUT2D eigenvalue weighted by atomic mass is 16.5. The van der Waals surface area contributed by atoms with E-state index in [1.54, 1.807) is 0 Å². The van der Waals surface area contributed by atoms with Gasteiger partial charge in [0.15, 0.2) is 0 Å². The molecule has 1 aromatic heterocycles. The van der Waals surface area contributed by atoms with Crippen molar-refractivity contribution in [2.75, 3.05) is 33.4 Å². The Morgan fingerprint density at radius 2 is 1.96 bits per heavy atom. The number of aliphatic hydroxyl groups excluding tert-OH is 1. The lowest BCUT2D eigenvalue weighted by atomic mass is 10.1. The van der Waals surface area contributed by atoms with Crippen LogP contribution < -0.4 is 0 Å². The van der Waals surface area contributed by atoms with E-state index in [-0.39, 0.29) is 12.6 Å². The van der Waals surface area contributed by atoms with Crippen LogP contribution in [0.1, 0.15) is 33.9 Å². The molecule has 1 aliphatic rings. The number of piperazine rings is 1. The third kappa shape index (κ3) is 5.19. The van der Waals surface area contributed by atoms with E-state index in [2.05, 4.69) is 9.80 Å². The highest BCUT2D eigenvalue weighted by Gasteiger charge is 2.27. The van der Waals surface area contributed by atoms with Crippen LogP contribution in [-0.2, 0) is 17.8 Å². The molecule has 0 aliphatic carbocycles. The minimum atomic E-state index is -0.314. The van der Waals surface area contributed by atoms with Crippen LogP contribution in [0, 0.1) is 6.92 Å². The number of rotatable bonds is 7. The number of hydrogen-bond donors (Lipinski definition) is 1. The van der Waals surface area contributed by atoms with Crippen LogP contribution >= 0.6 is 0 Å². The molecule has 0 unspecified atom stereocenters. The topological polar surface area (TPSA) is 66.2 Å². The molecule has 2 heterocycles. The first-order valence-electron chi connectivity index (χ1n) is 9.39. The van der Waals surface area contributed by atoms with Gasteiger partial charge >= 0.3 is 5.97 Å². The molecule has 1 aliphatic heterocycles. The molecule has 6 heteroatoms. The van der Waals surface area contributed by atoms with Crippen molar-refractivity contribution in [3.63, 3.8) is 0 Å². The molecule has 0 radical (unpaired) electrons. The number of carbonyl (C=O) groups excluding carboxylic acids is 1. The summed E-state index contributed by atoms with van der Waals surface area (Å²) in [5.41, 5.74) is 1.73. The van der Waals surface area contributed by atoms with Crippen LogP contribution in [0.2, 0.25) is 0 Å². The van der Waals surface area contributed by atoms with Gasteiger partial charge in [0.1, 0.15) is 11.5 Å². The summed E-state index contributed by atoms with van der Waals surface area (Å²) in [6, 6.07) is 11.9. The van der Waals surface area contributed by atoms with E-state index >= 15 is 0 Å². The van der Waals surface area contributed by atoms with Crippen LogP contribution in [0.5, 0.6) is 0 Å². The number of carbonyl (C=O) groups is 1. The van der Waals surface area contributed by atoms with E-state index in [0.29, 0.717) is 11.6 Å². The Bertz CT molecular complexity index is 741. The van der Waals surface area contributed by atoms with Crippen molar-refractivity contribution < 1.29 is 19.1 Å². The number of aliphatic hydroxyl groups is 1. The van der Waals surface area contributed by atoms with Gasteiger partial charge in [-0.2, -0.15) is 0 Å². The maximum absolute atomic E-state index is 11.5. The zero-order valence-corrected chi connectivity index (χ0v) is 16.1. The Morgan fingerprint density at radius 3 is 2.59 bits per heavy atom. The monoisotopic (exact) mass is 372 g/mol. The van der Waals surface area contributed by atoms with Crippen molar-refractivity contribution in [1.82, 2.24) is 9.80 Å². The summed E-state index contributed by atoms with van der Waals surface area (Å²) >= 11 is 0. The quantitative estimate of drug-likeness (QED) is 0.753. The molecule has 6 nitrogen and oxygen atoms in total. The molecular formula is C21H28N2O4. The van der Waals surface area contributed by atoms with Crippen LogP contribution in [0.3, 0.4) is 0 Å². The fourth-order valence-electron chi connectivity index (χ4n) is 3.62. The maximum atomic E-state index is 11.5. The number of ether oxygens (including phenoxy) is 1. The molecule has 0 bridgehead atoms. The average molecular weight is 372 g/mol. The Morgan fingerprint density at radius 1 is 1.19 bits per heavy atom. The predicted molar refractivity (Wildman–Crippen MR) is 102 cm³/mol. The standard InChI is InChI=1S/C21H28N2O4/c1-16-3-8-20(27-16)15-23-11-10-22(14-19(23)9-12-24)13-17-4-6-18(7-5-17)21(25)26-2/h3-8,19,24H,9-15H2,1-2H3/t19-/m0/s1. The third-order valence-electron chi connectivity index (χ3n) is 5.09. The van der Waals surface area contributed by atoms with E-state index in [1.165, 1.54) is 12.7 Å². The molecule has 0 amide bonds. The van der Waals surface area contributed by atoms with Gasteiger partial charge in [0, 0.05) is 38.8 Å². The van der Waals surface area contributed by atoms with Crippen molar-refractivity contribution >= 4 is 5.97 Å². The molecule has 3 rings (SSSR count). The minimum absolute atomic E-state index is 0.181. The first-order valence-corrected chi connectivity index (χ1v) is 9.39. The predicted octanol–water partition coefficient (Wildman–Crippen LogP) is 2.44.